The number of pyridine rings is 1. The lowest BCUT2D eigenvalue weighted by molar-refractivity contribution is -0.661. The number of aryl methyl sites for hydroxylation is 3. The predicted octanol–water partition coefficient (Wildman–Crippen LogP) is 10.5. The summed E-state index contributed by atoms with van der Waals surface area (Å²) in [4.78, 5) is 0. The summed E-state index contributed by atoms with van der Waals surface area (Å²) in [5, 5.41) is 8.09. The van der Waals surface area contributed by atoms with Crippen molar-refractivity contribution in [1.82, 2.24) is 0 Å². The molecule has 2 aromatic heterocycles. The third kappa shape index (κ3) is 4.48. The van der Waals surface area contributed by atoms with Crippen LogP contribution in [0.4, 0.5) is 0 Å². The van der Waals surface area contributed by atoms with Gasteiger partial charge in [-0.3, -0.25) is 0 Å². The molecule has 3 heteroatoms. The van der Waals surface area contributed by atoms with Gasteiger partial charge in [0.15, 0.2) is 6.20 Å². The molecule has 0 aliphatic rings. The topological polar surface area (TPSA) is 17.0 Å². The highest BCUT2D eigenvalue weighted by Gasteiger charge is 2.26. The fourth-order valence-corrected chi connectivity index (χ4v) is 7.95. The van der Waals surface area contributed by atoms with Crippen molar-refractivity contribution < 1.29 is 13.1 Å². The second-order valence-corrected chi connectivity index (χ2v) is 19.5. The maximum absolute atomic E-state index is 8.41. The van der Waals surface area contributed by atoms with E-state index in [9.17, 15) is 0 Å². The molecule has 0 fully saturated rings. The molecule has 0 spiro atoms. The van der Waals surface area contributed by atoms with Crippen molar-refractivity contribution in [2.24, 2.45) is 7.05 Å². The largest absolute Gasteiger partial charge is 0.454 e. The lowest BCUT2D eigenvalue weighted by atomic mass is 9.84. The van der Waals surface area contributed by atoms with E-state index in [-0.39, 0.29) is 5.41 Å². The van der Waals surface area contributed by atoms with Crippen LogP contribution in [0.3, 0.4) is 0 Å². The maximum Gasteiger partial charge on any atom is 0.216 e. The summed E-state index contributed by atoms with van der Waals surface area (Å²) < 4.78 is 34.3. The zero-order valence-corrected chi connectivity index (χ0v) is 28.0. The lowest BCUT2D eigenvalue weighted by Gasteiger charge is -2.20. The number of nitrogens with zero attached hydrogens (tertiary/aromatic N) is 1. The highest BCUT2D eigenvalue weighted by atomic mass is 28.3. The van der Waals surface area contributed by atoms with Crippen molar-refractivity contribution >= 4 is 56.7 Å². The van der Waals surface area contributed by atoms with E-state index in [0.29, 0.717) is 5.56 Å². The first-order chi connectivity index (χ1) is 22.0. The van der Waals surface area contributed by atoms with Crippen LogP contribution in [0.2, 0.25) is 19.6 Å². The fraction of sp³-hybridized carbons (Fsp3) is 0.244. The molecular formula is C41H42NOSi+. The molecule has 5 aromatic carbocycles. The Labute approximate surface area is 266 Å². The van der Waals surface area contributed by atoms with Crippen molar-refractivity contribution in [1.29, 1.82) is 0 Å². The summed E-state index contributed by atoms with van der Waals surface area (Å²) in [6.45, 7) is 13.1. The molecule has 7 aromatic rings. The Morgan fingerprint density at radius 3 is 2.11 bits per heavy atom. The van der Waals surface area contributed by atoms with Crippen LogP contribution in [0.25, 0.3) is 65.9 Å². The highest BCUT2D eigenvalue weighted by molar-refractivity contribution is 6.88. The minimum Gasteiger partial charge on any atom is -0.454 e. The number of hydrogen-bond acceptors (Lipinski definition) is 1. The summed E-state index contributed by atoms with van der Waals surface area (Å²) in [6.07, 6.45) is 1.98. The minimum absolute atomic E-state index is 0.324. The Morgan fingerprint density at radius 2 is 1.43 bits per heavy atom. The third-order valence-electron chi connectivity index (χ3n) is 9.26. The van der Waals surface area contributed by atoms with Gasteiger partial charge in [-0.1, -0.05) is 118 Å². The molecule has 44 heavy (non-hydrogen) atoms. The molecule has 0 saturated heterocycles. The average Bonchev–Trinajstić information content (AvgIpc) is 3.38. The van der Waals surface area contributed by atoms with Gasteiger partial charge in [0.25, 0.3) is 0 Å². The molecule has 0 unspecified atom stereocenters. The van der Waals surface area contributed by atoms with Crippen LogP contribution in [-0.2, 0) is 12.5 Å². The smallest absolute Gasteiger partial charge is 0.216 e. The first-order valence-corrected chi connectivity index (χ1v) is 19.0. The van der Waals surface area contributed by atoms with Gasteiger partial charge < -0.3 is 4.42 Å². The third-order valence-corrected chi connectivity index (χ3v) is 11.3. The molecule has 0 saturated carbocycles. The van der Waals surface area contributed by atoms with Crippen LogP contribution in [0.1, 0.15) is 41.6 Å². The SMILES string of the molecule is [2H]C([2H])([2H])c1cc(-c2c(C)ccc3c2oc2c3ccc3ccc4c(-c5ccc([Si](C)(C)C)cc5)cccc4c32)[n+](C)cc1C(C)(C)C. The van der Waals surface area contributed by atoms with Crippen LogP contribution in [-0.4, -0.2) is 8.07 Å². The molecule has 0 bridgehead atoms. The van der Waals surface area contributed by atoms with E-state index in [4.69, 9.17) is 8.53 Å². The first-order valence-electron chi connectivity index (χ1n) is 17.0. The Hall–Kier alpha value is -4.21. The van der Waals surface area contributed by atoms with Gasteiger partial charge in [-0.05, 0) is 63.7 Å². The molecular weight excluding hydrogens is 551 g/mol. The molecule has 0 N–H and O–H groups in total. The summed E-state index contributed by atoms with van der Waals surface area (Å²) in [5.41, 5.74) is 7.70. The maximum atomic E-state index is 8.41. The van der Waals surface area contributed by atoms with Gasteiger partial charge in [0, 0.05) is 31.9 Å². The van der Waals surface area contributed by atoms with Gasteiger partial charge in [-0.15, -0.1) is 0 Å². The number of fused-ring (bicyclic) bond motifs is 7. The molecule has 0 atom stereocenters. The number of rotatable bonds is 3. The van der Waals surface area contributed by atoms with E-state index in [2.05, 4.69) is 131 Å². The van der Waals surface area contributed by atoms with Crippen LogP contribution >= 0.6 is 0 Å². The van der Waals surface area contributed by atoms with Gasteiger partial charge in [0.1, 0.15) is 18.2 Å². The van der Waals surface area contributed by atoms with E-state index in [0.717, 1.165) is 60.5 Å². The van der Waals surface area contributed by atoms with Gasteiger partial charge in [0.05, 0.1) is 13.6 Å². The molecule has 0 radical (unpaired) electrons. The Balaban J connectivity index is 1.51. The van der Waals surface area contributed by atoms with Crippen molar-refractivity contribution in [3.63, 3.8) is 0 Å². The standard InChI is InChI=1S/C41H42NOSi/c1-25-13-20-33-34-22-17-28-16-21-31-30(27-14-18-29(19-15-27)44(7,8)9)11-10-12-32(31)38(28)40(34)43-39(33)37(25)36-23-26(2)35(24-42(36)6)41(3,4)5/h10-24H,1-9H3/q+1/i2D3. The van der Waals surface area contributed by atoms with Gasteiger partial charge in [-0.2, -0.15) is 0 Å². The highest BCUT2D eigenvalue weighted by Crippen LogP contribution is 2.43. The molecule has 2 heterocycles. The van der Waals surface area contributed by atoms with Crippen molar-refractivity contribution in [3.05, 3.63) is 108 Å². The van der Waals surface area contributed by atoms with Crippen molar-refractivity contribution in [2.75, 3.05) is 0 Å². The molecule has 0 aliphatic heterocycles. The van der Waals surface area contributed by atoms with Gasteiger partial charge in [0.2, 0.25) is 5.69 Å². The Kier molecular flexibility index (Phi) is 5.66. The Bertz CT molecular complexity index is 2370. The fourth-order valence-electron chi connectivity index (χ4n) is 6.78. The van der Waals surface area contributed by atoms with Crippen LogP contribution < -0.4 is 9.75 Å². The lowest BCUT2D eigenvalue weighted by Crippen LogP contribution is -2.37. The normalized spacial score (nSPS) is 14.0. The first kappa shape index (κ1) is 25.1. The molecule has 0 amide bonds. The van der Waals surface area contributed by atoms with Gasteiger partial charge in [-0.25, -0.2) is 4.57 Å². The zero-order chi connectivity index (χ0) is 33.6. The summed E-state index contributed by atoms with van der Waals surface area (Å²) in [6, 6.07) is 30.6. The quantitative estimate of drug-likeness (QED) is 0.113. The van der Waals surface area contributed by atoms with E-state index in [1.165, 1.54) is 21.7 Å². The molecule has 0 aliphatic carbocycles. The zero-order valence-electron chi connectivity index (χ0n) is 30.0. The van der Waals surface area contributed by atoms with E-state index in [1.807, 2.05) is 19.3 Å². The van der Waals surface area contributed by atoms with E-state index in [1.54, 1.807) is 0 Å². The number of benzene rings is 5. The Morgan fingerprint density at radius 1 is 0.750 bits per heavy atom. The monoisotopic (exact) mass is 595 g/mol. The van der Waals surface area contributed by atoms with E-state index >= 15 is 0 Å². The summed E-state index contributed by atoms with van der Waals surface area (Å²) in [5.74, 6) is 0. The number of aromatic nitrogens is 1. The predicted molar refractivity (Wildman–Crippen MR) is 192 cm³/mol. The number of furan rings is 1. The number of hydrogen-bond donors (Lipinski definition) is 0. The summed E-state index contributed by atoms with van der Waals surface area (Å²) in [7, 11) is 0.599. The minimum atomic E-state index is -2.25. The van der Waals surface area contributed by atoms with Crippen LogP contribution in [0.5, 0.6) is 0 Å². The molecule has 7 rings (SSSR count). The molecule has 220 valence electrons. The van der Waals surface area contributed by atoms with Crippen LogP contribution in [0, 0.1) is 13.8 Å². The summed E-state index contributed by atoms with van der Waals surface area (Å²) >= 11 is 0. The van der Waals surface area contributed by atoms with Crippen LogP contribution in [0.15, 0.2) is 95.5 Å². The average molecular weight is 596 g/mol. The second kappa shape index (κ2) is 9.90. The van der Waals surface area contributed by atoms with E-state index < -0.39 is 14.9 Å². The second-order valence-electron chi connectivity index (χ2n) is 14.4. The molecule has 2 nitrogen and oxygen atoms in total. The van der Waals surface area contributed by atoms with Gasteiger partial charge >= 0.3 is 0 Å². The van der Waals surface area contributed by atoms with Crippen molar-refractivity contribution in [3.8, 4) is 22.4 Å². The van der Waals surface area contributed by atoms with Crippen molar-refractivity contribution in [2.45, 2.75) is 59.6 Å².